The maximum absolute atomic E-state index is 12.9. The molecule has 0 aliphatic carbocycles. The molecule has 5 nitrogen and oxygen atoms in total. The second-order valence-corrected chi connectivity index (χ2v) is 10.9. The van der Waals surface area contributed by atoms with Gasteiger partial charge in [0.1, 0.15) is 0 Å². The fraction of sp³-hybridized carbons (Fsp3) is 0.435. The summed E-state index contributed by atoms with van der Waals surface area (Å²) < 4.78 is 27.3. The van der Waals surface area contributed by atoms with Crippen LogP contribution < -0.4 is 5.32 Å². The van der Waals surface area contributed by atoms with Crippen LogP contribution in [0.3, 0.4) is 0 Å². The number of hydrogen-bond acceptors (Lipinski definition) is 4. The molecule has 1 aliphatic heterocycles. The van der Waals surface area contributed by atoms with Gasteiger partial charge >= 0.3 is 0 Å². The van der Waals surface area contributed by atoms with Crippen molar-refractivity contribution in [1.29, 1.82) is 0 Å². The van der Waals surface area contributed by atoms with Crippen LogP contribution in [0.15, 0.2) is 53.4 Å². The number of thioether (sulfide) groups is 1. The topological polar surface area (TPSA) is 66.5 Å². The predicted molar refractivity (Wildman–Crippen MR) is 123 cm³/mol. The molecule has 2 aromatic carbocycles. The van der Waals surface area contributed by atoms with Gasteiger partial charge in [-0.25, -0.2) is 8.42 Å². The van der Waals surface area contributed by atoms with Crippen LogP contribution in [-0.2, 0) is 20.6 Å². The van der Waals surface area contributed by atoms with E-state index in [1.165, 1.54) is 15.4 Å². The molecule has 2 aromatic rings. The lowest BCUT2D eigenvalue weighted by Crippen LogP contribution is -2.45. The first-order valence-electron chi connectivity index (χ1n) is 10.3. The van der Waals surface area contributed by atoms with Crippen molar-refractivity contribution < 1.29 is 13.2 Å². The Labute approximate surface area is 184 Å². The van der Waals surface area contributed by atoms with Crippen LogP contribution >= 0.6 is 11.8 Å². The molecule has 1 amide bonds. The molecule has 0 aromatic heterocycles. The molecule has 1 N–H and O–H groups in total. The summed E-state index contributed by atoms with van der Waals surface area (Å²) in [6.45, 7) is 5.32. The van der Waals surface area contributed by atoms with Crippen LogP contribution in [0.1, 0.15) is 29.5 Å². The van der Waals surface area contributed by atoms with Crippen molar-refractivity contribution in [3.8, 4) is 0 Å². The van der Waals surface area contributed by atoms with Crippen LogP contribution in [0.5, 0.6) is 0 Å². The van der Waals surface area contributed by atoms with Gasteiger partial charge in [-0.3, -0.25) is 4.79 Å². The fourth-order valence-corrected chi connectivity index (χ4v) is 5.95. The fourth-order valence-electron chi connectivity index (χ4n) is 3.62. The van der Waals surface area contributed by atoms with Gasteiger partial charge in [0.15, 0.2) is 0 Å². The van der Waals surface area contributed by atoms with E-state index in [0.29, 0.717) is 24.4 Å². The lowest BCUT2D eigenvalue weighted by Gasteiger charge is -2.31. The average Bonchev–Trinajstić information content (AvgIpc) is 2.74. The van der Waals surface area contributed by atoms with Crippen molar-refractivity contribution >= 4 is 27.7 Å². The van der Waals surface area contributed by atoms with Gasteiger partial charge in [-0.05, 0) is 44.4 Å². The molecular weight excluding hydrogens is 416 g/mol. The Bertz CT molecular complexity index is 959. The van der Waals surface area contributed by atoms with Crippen molar-refractivity contribution in [3.05, 3.63) is 65.2 Å². The molecular formula is C23H30N2O3S2. The molecule has 0 bridgehead atoms. The summed E-state index contributed by atoms with van der Waals surface area (Å²) in [6, 6.07) is 15.3. The number of benzene rings is 2. The van der Waals surface area contributed by atoms with E-state index in [1.54, 1.807) is 36.0 Å². The minimum atomic E-state index is -3.56. The van der Waals surface area contributed by atoms with Gasteiger partial charge in [0.05, 0.1) is 10.8 Å². The monoisotopic (exact) mass is 446 g/mol. The molecule has 1 aliphatic rings. The largest absolute Gasteiger partial charge is 0.355 e. The summed E-state index contributed by atoms with van der Waals surface area (Å²) in [7, 11) is -3.56. The molecule has 1 atom stereocenters. The standard InChI is InChI=1S/C23H30N2O3S2/c1-18-8-10-22(11-9-18)30(27,28)25-13-4-7-21(16-25)23(26)24-12-14-29-17-20-6-3-5-19(2)15-20/h3,5-6,8-11,15,21H,4,7,12-14,16-17H2,1-2H3,(H,24,26)/t21-/m0/s1. The number of rotatable bonds is 8. The molecule has 0 saturated carbocycles. The van der Waals surface area contributed by atoms with Gasteiger partial charge in [0.25, 0.3) is 0 Å². The highest BCUT2D eigenvalue weighted by atomic mass is 32.2. The number of nitrogens with one attached hydrogen (secondary N) is 1. The minimum Gasteiger partial charge on any atom is -0.355 e. The average molecular weight is 447 g/mol. The molecule has 1 fully saturated rings. The molecule has 1 heterocycles. The Morgan fingerprint density at radius 3 is 2.63 bits per heavy atom. The number of aryl methyl sites for hydroxylation is 2. The summed E-state index contributed by atoms with van der Waals surface area (Å²) >= 11 is 1.79. The van der Waals surface area contributed by atoms with Crippen LogP contribution in [0, 0.1) is 19.8 Å². The number of nitrogens with zero attached hydrogens (tertiary/aromatic N) is 1. The Morgan fingerprint density at radius 1 is 1.13 bits per heavy atom. The summed E-state index contributed by atoms with van der Waals surface area (Å²) in [4.78, 5) is 12.9. The lowest BCUT2D eigenvalue weighted by molar-refractivity contribution is -0.125. The maximum atomic E-state index is 12.9. The number of carbonyl (C=O) groups excluding carboxylic acids is 1. The van der Waals surface area contributed by atoms with Crippen molar-refractivity contribution in [2.75, 3.05) is 25.4 Å². The Morgan fingerprint density at radius 2 is 1.90 bits per heavy atom. The SMILES string of the molecule is Cc1ccc(S(=O)(=O)N2CCC[C@H](C(=O)NCCSCc3cccc(C)c3)C2)cc1. The quantitative estimate of drug-likeness (QED) is 0.627. The number of carbonyl (C=O) groups is 1. The van der Waals surface area contributed by atoms with Gasteiger partial charge in [0.2, 0.25) is 15.9 Å². The first kappa shape index (κ1) is 22.8. The summed E-state index contributed by atoms with van der Waals surface area (Å²) in [5.74, 6) is 1.41. The van der Waals surface area contributed by atoms with E-state index >= 15 is 0 Å². The van der Waals surface area contributed by atoms with Gasteiger partial charge < -0.3 is 5.32 Å². The normalized spacial score (nSPS) is 17.6. The summed E-state index contributed by atoms with van der Waals surface area (Å²) in [6.07, 6.45) is 1.42. The van der Waals surface area contributed by atoms with E-state index in [4.69, 9.17) is 0 Å². The molecule has 162 valence electrons. The molecule has 7 heteroatoms. The van der Waals surface area contributed by atoms with Crippen LogP contribution in [0.4, 0.5) is 0 Å². The van der Waals surface area contributed by atoms with Crippen molar-refractivity contribution in [1.82, 2.24) is 9.62 Å². The minimum absolute atomic E-state index is 0.0463. The zero-order valence-corrected chi connectivity index (χ0v) is 19.3. The zero-order chi connectivity index (χ0) is 21.6. The first-order valence-corrected chi connectivity index (χ1v) is 12.9. The van der Waals surface area contributed by atoms with Crippen molar-refractivity contribution in [2.24, 2.45) is 5.92 Å². The van der Waals surface area contributed by atoms with Gasteiger partial charge in [-0.2, -0.15) is 16.1 Å². The number of hydrogen-bond donors (Lipinski definition) is 1. The third kappa shape index (κ3) is 6.09. The van der Waals surface area contributed by atoms with E-state index in [1.807, 2.05) is 6.92 Å². The number of piperidine rings is 1. The number of amides is 1. The smallest absolute Gasteiger partial charge is 0.243 e. The molecule has 0 radical (unpaired) electrons. The highest BCUT2D eigenvalue weighted by Crippen LogP contribution is 2.24. The van der Waals surface area contributed by atoms with Crippen molar-refractivity contribution in [2.45, 2.75) is 37.3 Å². The van der Waals surface area contributed by atoms with Gasteiger partial charge in [0, 0.05) is 31.1 Å². The second kappa shape index (κ2) is 10.5. The third-order valence-electron chi connectivity index (χ3n) is 5.31. The van der Waals surface area contributed by atoms with Crippen LogP contribution in [0.2, 0.25) is 0 Å². The maximum Gasteiger partial charge on any atom is 0.243 e. The Balaban J connectivity index is 1.46. The van der Waals surface area contributed by atoms with Crippen molar-refractivity contribution in [3.63, 3.8) is 0 Å². The van der Waals surface area contributed by atoms with E-state index < -0.39 is 10.0 Å². The van der Waals surface area contributed by atoms with E-state index in [2.05, 4.69) is 36.5 Å². The zero-order valence-electron chi connectivity index (χ0n) is 17.6. The predicted octanol–water partition coefficient (Wildman–Crippen LogP) is 3.75. The van der Waals surface area contributed by atoms with Crippen LogP contribution in [0.25, 0.3) is 0 Å². The highest BCUT2D eigenvalue weighted by molar-refractivity contribution is 7.98. The summed E-state index contributed by atoms with van der Waals surface area (Å²) in [5, 5.41) is 2.99. The molecule has 3 rings (SSSR count). The second-order valence-electron chi connectivity index (χ2n) is 7.85. The number of sulfonamides is 1. The van der Waals surface area contributed by atoms with E-state index in [9.17, 15) is 13.2 Å². The van der Waals surface area contributed by atoms with Crippen LogP contribution in [-0.4, -0.2) is 44.0 Å². The van der Waals surface area contributed by atoms with Gasteiger partial charge in [-0.15, -0.1) is 0 Å². The summed E-state index contributed by atoms with van der Waals surface area (Å²) in [5.41, 5.74) is 3.56. The Hall–Kier alpha value is -1.83. The van der Waals surface area contributed by atoms with Gasteiger partial charge in [-0.1, -0.05) is 47.5 Å². The van der Waals surface area contributed by atoms with E-state index in [0.717, 1.165) is 23.5 Å². The highest BCUT2D eigenvalue weighted by Gasteiger charge is 2.33. The third-order valence-corrected chi connectivity index (χ3v) is 8.22. The Kier molecular flexibility index (Phi) is 7.97. The first-order chi connectivity index (χ1) is 14.4. The molecule has 30 heavy (non-hydrogen) atoms. The van der Waals surface area contributed by atoms with E-state index in [-0.39, 0.29) is 18.4 Å². The molecule has 0 unspecified atom stereocenters. The molecule has 0 spiro atoms. The molecule has 1 saturated heterocycles. The lowest BCUT2D eigenvalue weighted by atomic mass is 9.99.